The fraction of sp³-hybridized carbons (Fsp3) is 0.538. The minimum absolute atomic E-state index is 0.336. The first-order valence-electron chi connectivity index (χ1n) is 5.51. The number of benzene rings is 1. The Morgan fingerprint density at radius 3 is 2.93 bits per heavy atom. The van der Waals surface area contributed by atoms with Crippen molar-refractivity contribution in [1.82, 2.24) is 0 Å². The van der Waals surface area contributed by atoms with Gasteiger partial charge in [0, 0.05) is 6.04 Å². The van der Waals surface area contributed by atoms with Gasteiger partial charge in [-0.3, -0.25) is 0 Å². The molecule has 0 aromatic heterocycles. The van der Waals surface area contributed by atoms with E-state index in [0.29, 0.717) is 12.0 Å². The molecule has 0 aliphatic heterocycles. The van der Waals surface area contributed by atoms with E-state index in [1.807, 2.05) is 0 Å². The maximum Gasteiger partial charge on any atom is 0.00420 e. The fourth-order valence-corrected chi connectivity index (χ4v) is 2.44. The second-order valence-electron chi connectivity index (χ2n) is 4.57. The van der Waals surface area contributed by atoms with E-state index in [4.69, 9.17) is 5.73 Å². The molecule has 1 aromatic carbocycles. The largest absolute Gasteiger partial charge is 0.328 e. The lowest BCUT2D eigenvalue weighted by Gasteiger charge is -2.28. The maximum atomic E-state index is 5.97. The monoisotopic (exact) mass is 189 g/mol. The van der Waals surface area contributed by atoms with Crippen LogP contribution in [0.3, 0.4) is 0 Å². The van der Waals surface area contributed by atoms with Crippen molar-refractivity contribution < 1.29 is 0 Å². The first-order chi connectivity index (χ1) is 6.68. The number of fused-ring (bicyclic) bond motifs is 1. The topological polar surface area (TPSA) is 26.0 Å². The predicted octanol–water partition coefficient (Wildman–Crippen LogP) is 2.45. The van der Waals surface area contributed by atoms with Crippen LogP contribution in [-0.4, -0.2) is 6.04 Å². The third kappa shape index (κ3) is 1.69. The van der Waals surface area contributed by atoms with Gasteiger partial charge in [-0.1, -0.05) is 18.2 Å². The molecule has 2 rings (SSSR count). The van der Waals surface area contributed by atoms with Crippen molar-refractivity contribution in [2.75, 3.05) is 0 Å². The average molecular weight is 189 g/mol. The van der Waals surface area contributed by atoms with Crippen molar-refractivity contribution in [2.24, 2.45) is 11.7 Å². The highest BCUT2D eigenvalue weighted by Gasteiger charge is 2.22. The van der Waals surface area contributed by atoms with Crippen LogP contribution in [0, 0.1) is 12.8 Å². The molecule has 76 valence electrons. The molecule has 0 radical (unpaired) electrons. The smallest absolute Gasteiger partial charge is 0.00420 e. The van der Waals surface area contributed by atoms with E-state index in [1.165, 1.54) is 24.8 Å². The van der Waals surface area contributed by atoms with Crippen LogP contribution < -0.4 is 5.73 Å². The molecule has 2 atom stereocenters. The van der Waals surface area contributed by atoms with Crippen LogP contribution >= 0.6 is 0 Å². The van der Waals surface area contributed by atoms with E-state index in [9.17, 15) is 0 Å². The molecule has 2 unspecified atom stereocenters. The molecule has 0 heterocycles. The number of aryl methyl sites for hydroxylation is 2. The van der Waals surface area contributed by atoms with Crippen molar-refractivity contribution in [3.63, 3.8) is 0 Å². The van der Waals surface area contributed by atoms with Crippen molar-refractivity contribution >= 4 is 0 Å². The summed E-state index contributed by atoms with van der Waals surface area (Å²) in [5, 5.41) is 0. The molecule has 2 N–H and O–H groups in total. The Balaban J connectivity index is 2.29. The second kappa shape index (κ2) is 3.74. The lowest BCUT2D eigenvalue weighted by molar-refractivity contribution is 0.392. The zero-order valence-electron chi connectivity index (χ0n) is 9.09. The average Bonchev–Trinajstić information content (AvgIpc) is 2.18. The van der Waals surface area contributed by atoms with Crippen LogP contribution in [-0.2, 0) is 12.8 Å². The summed E-state index contributed by atoms with van der Waals surface area (Å²) in [5.41, 5.74) is 10.5. The van der Waals surface area contributed by atoms with E-state index >= 15 is 0 Å². The molecule has 0 saturated carbocycles. The third-order valence-corrected chi connectivity index (χ3v) is 3.50. The lowest BCUT2D eigenvalue weighted by Crippen LogP contribution is -2.31. The summed E-state index contributed by atoms with van der Waals surface area (Å²) < 4.78 is 0. The van der Waals surface area contributed by atoms with E-state index in [1.54, 1.807) is 11.1 Å². The first-order valence-corrected chi connectivity index (χ1v) is 5.51. The molecule has 1 aliphatic rings. The van der Waals surface area contributed by atoms with E-state index in [2.05, 4.69) is 32.0 Å². The highest BCUT2D eigenvalue weighted by atomic mass is 14.6. The predicted molar refractivity (Wildman–Crippen MR) is 60.3 cm³/mol. The highest BCUT2D eigenvalue weighted by molar-refractivity contribution is 5.36. The van der Waals surface area contributed by atoms with Gasteiger partial charge in [-0.25, -0.2) is 0 Å². The molecule has 1 aliphatic carbocycles. The van der Waals surface area contributed by atoms with Gasteiger partial charge in [-0.15, -0.1) is 0 Å². The summed E-state index contributed by atoms with van der Waals surface area (Å²) in [6.07, 6.45) is 3.65. The number of nitrogens with two attached hydrogens (primary N) is 1. The summed E-state index contributed by atoms with van der Waals surface area (Å²) in [4.78, 5) is 0. The standard InChI is InChI=1S/C13H19N/c1-9-4-3-5-11-6-7-12(10(2)14)8-13(9)11/h3-5,10,12H,6-8,14H2,1-2H3. The van der Waals surface area contributed by atoms with Crippen molar-refractivity contribution in [1.29, 1.82) is 0 Å². The SMILES string of the molecule is Cc1cccc2c1CC(C(C)N)CC2. The van der Waals surface area contributed by atoms with Gasteiger partial charge in [0.25, 0.3) is 0 Å². The Bertz CT molecular complexity index is 328. The first kappa shape index (κ1) is 9.72. The Hall–Kier alpha value is -0.820. The van der Waals surface area contributed by atoms with Crippen LogP contribution in [0.4, 0.5) is 0 Å². The van der Waals surface area contributed by atoms with Crippen LogP contribution in [0.5, 0.6) is 0 Å². The Kier molecular flexibility index (Phi) is 2.60. The van der Waals surface area contributed by atoms with Gasteiger partial charge in [0.15, 0.2) is 0 Å². The van der Waals surface area contributed by atoms with Crippen LogP contribution in [0.1, 0.15) is 30.0 Å². The normalized spacial score (nSPS) is 22.9. The summed E-state index contributed by atoms with van der Waals surface area (Å²) in [5.74, 6) is 0.684. The van der Waals surface area contributed by atoms with Crippen LogP contribution in [0.2, 0.25) is 0 Å². The van der Waals surface area contributed by atoms with Gasteiger partial charge in [0.1, 0.15) is 0 Å². The second-order valence-corrected chi connectivity index (χ2v) is 4.57. The molecule has 0 fully saturated rings. The number of hydrogen-bond donors (Lipinski definition) is 1. The zero-order chi connectivity index (χ0) is 10.1. The fourth-order valence-electron chi connectivity index (χ4n) is 2.44. The third-order valence-electron chi connectivity index (χ3n) is 3.50. The minimum atomic E-state index is 0.336. The van der Waals surface area contributed by atoms with Crippen molar-refractivity contribution in [3.05, 3.63) is 34.9 Å². The van der Waals surface area contributed by atoms with Gasteiger partial charge in [-0.2, -0.15) is 0 Å². The molecule has 1 nitrogen and oxygen atoms in total. The molecule has 1 heteroatoms. The minimum Gasteiger partial charge on any atom is -0.328 e. The molecule has 0 spiro atoms. The zero-order valence-corrected chi connectivity index (χ0v) is 9.09. The Morgan fingerprint density at radius 1 is 1.43 bits per heavy atom. The molecule has 0 amide bonds. The van der Waals surface area contributed by atoms with E-state index in [0.717, 1.165) is 0 Å². The van der Waals surface area contributed by atoms with Crippen LogP contribution in [0.15, 0.2) is 18.2 Å². The lowest BCUT2D eigenvalue weighted by atomic mass is 9.79. The van der Waals surface area contributed by atoms with E-state index in [-0.39, 0.29) is 0 Å². The summed E-state index contributed by atoms with van der Waals surface area (Å²) in [7, 11) is 0. The summed E-state index contributed by atoms with van der Waals surface area (Å²) in [6.45, 7) is 4.34. The Labute approximate surface area is 86.3 Å². The number of rotatable bonds is 1. The molecule has 1 aromatic rings. The highest BCUT2D eigenvalue weighted by Crippen LogP contribution is 2.28. The van der Waals surface area contributed by atoms with Gasteiger partial charge < -0.3 is 5.73 Å². The molecular formula is C13H19N. The number of hydrogen-bond acceptors (Lipinski definition) is 1. The maximum absolute atomic E-state index is 5.97. The van der Waals surface area contributed by atoms with E-state index < -0.39 is 0 Å². The molecular weight excluding hydrogens is 170 g/mol. The van der Waals surface area contributed by atoms with Crippen LogP contribution in [0.25, 0.3) is 0 Å². The van der Waals surface area contributed by atoms with Gasteiger partial charge >= 0.3 is 0 Å². The summed E-state index contributed by atoms with van der Waals surface area (Å²) in [6, 6.07) is 6.98. The van der Waals surface area contributed by atoms with Crippen molar-refractivity contribution in [3.8, 4) is 0 Å². The van der Waals surface area contributed by atoms with Gasteiger partial charge in [0.05, 0.1) is 0 Å². The van der Waals surface area contributed by atoms with Gasteiger partial charge in [0.2, 0.25) is 0 Å². The van der Waals surface area contributed by atoms with Gasteiger partial charge in [-0.05, 0) is 55.7 Å². The molecule has 0 saturated heterocycles. The molecule has 0 bridgehead atoms. The Morgan fingerprint density at radius 2 is 2.21 bits per heavy atom. The van der Waals surface area contributed by atoms with Crippen molar-refractivity contribution in [2.45, 2.75) is 39.2 Å². The quantitative estimate of drug-likeness (QED) is 0.721. The summed E-state index contributed by atoms with van der Waals surface area (Å²) >= 11 is 0. The molecule has 14 heavy (non-hydrogen) atoms.